The molecule has 4 fully saturated rings. The molecule has 2 aromatic rings. The Kier molecular flexibility index (Phi) is 7.89. The Morgan fingerprint density at radius 2 is 1.79 bits per heavy atom. The van der Waals surface area contributed by atoms with Crippen LogP contribution < -0.4 is 10.6 Å². The van der Waals surface area contributed by atoms with E-state index in [0.717, 1.165) is 18.4 Å². The van der Waals surface area contributed by atoms with Gasteiger partial charge >= 0.3 is 7.12 Å². The van der Waals surface area contributed by atoms with Crippen LogP contribution in [0, 0.1) is 23.2 Å². The van der Waals surface area contributed by atoms with Gasteiger partial charge in [0.1, 0.15) is 0 Å². The van der Waals surface area contributed by atoms with Crippen LogP contribution in [0.1, 0.15) is 82.3 Å². The highest BCUT2D eigenvalue weighted by Crippen LogP contribution is 2.65. The predicted molar refractivity (Wildman–Crippen MR) is 154 cm³/mol. The molecule has 0 spiro atoms. The maximum atomic E-state index is 13.5. The number of carbonyl (C=O) groups excluding carboxylic acids is 2. The Hall–Kier alpha value is -2.35. The van der Waals surface area contributed by atoms with Crippen molar-refractivity contribution in [1.82, 2.24) is 10.6 Å². The van der Waals surface area contributed by atoms with E-state index in [-0.39, 0.29) is 41.3 Å². The van der Waals surface area contributed by atoms with Crippen LogP contribution in [0.4, 0.5) is 0 Å². The number of benzene rings is 2. The molecule has 39 heavy (non-hydrogen) atoms. The number of rotatable bonds is 9. The lowest BCUT2D eigenvalue weighted by Crippen LogP contribution is -2.65. The second-order valence-corrected chi connectivity index (χ2v) is 13.2. The van der Waals surface area contributed by atoms with Crippen molar-refractivity contribution in [2.45, 2.75) is 84.0 Å². The Morgan fingerprint density at radius 3 is 2.46 bits per heavy atom. The van der Waals surface area contributed by atoms with Gasteiger partial charge in [-0.1, -0.05) is 69.6 Å². The first kappa shape index (κ1) is 28.2. The molecule has 3 unspecified atom stereocenters. The number of nitrogens with one attached hydrogen (secondary N) is 2. The van der Waals surface area contributed by atoms with Crippen LogP contribution in [0.3, 0.4) is 0 Å². The molecule has 1 saturated heterocycles. The Balaban J connectivity index is 1.31. The van der Waals surface area contributed by atoms with Crippen molar-refractivity contribution < 1.29 is 18.9 Å². The fourth-order valence-electron chi connectivity index (χ4n) is 7.07. The van der Waals surface area contributed by atoms with Gasteiger partial charge in [-0.05, 0) is 79.2 Å². The molecule has 208 valence electrons. The van der Waals surface area contributed by atoms with Crippen LogP contribution in [-0.4, -0.2) is 36.6 Å². The first-order chi connectivity index (χ1) is 18.5. The largest absolute Gasteiger partial charge is 0.481 e. The van der Waals surface area contributed by atoms with Crippen LogP contribution in [0.25, 0.3) is 0 Å². The minimum Gasteiger partial charge on any atom is -0.404 e. The number of hydrogen-bond acceptors (Lipinski definition) is 4. The average Bonchev–Trinajstić information content (AvgIpc) is 3.25. The summed E-state index contributed by atoms with van der Waals surface area (Å²) in [5.41, 5.74) is 1.22. The van der Waals surface area contributed by atoms with Gasteiger partial charge in [0.2, 0.25) is 5.91 Å². The summed E-state index contributed by atoms with van der Waals surface area (Å²) in [6.45, 7) is 11.2. The Labute approximate surface area is 237 Å². The normalized spacial score (nSPS) is 28.3. The zero-order valence-corrected chi connectivity index (χ0v) is 24.3. The van der Waals surface area contributed by atoms with Gasteiger partial charge in [0.05, 0.1) is 30.1 Å². The fraction of sp³-hybridized carbons (Fsp3) is 0.548. The van der Waals surface area contributed by atoms with Crippen molar-refractivity contribution in [3.63, 3.8) is 0 Å². The summed E-state index contributed by atoms with van der Waals surface area (Å²) in [4.78, 5) is 26.6. The number of carbonyl (C=O) groups is 2. The van der Waals surface area contributed by atoms with E-state index < -0.39 is 13.2 Å². The first-order valence-corrected chi connectivity index (χ1v) is 14.6. The van der Waals surface area contributed by atoms with E-state index in [1.807, 2.05) is 30.3 Å². The van der Waals surface area contributed by atoms with E-state index in [4.69, 9.17) is 20.9 Å². The topological polar surface area (TPSA) is 76.7 Å². The summed E-state index contributed by atoms with van der Waals surface area (Å²) in [5.74, 6) is 0.751. The molecule has 2 bridgehead atoms. The summed E-state index contributed by atoms with van der Waals surface area (Å²) < 4.78 is 13.2. The van der Waals surface area contributed by atoms with Crippen LogP contribution in [-0.2, 0) is 14.1 Å². The summed E-state index contributed by atoms with van der Waals surface area (Å²) in [6.07, 6.45) is 3.03. The molecular formula is C31H40BClN2O4. The highest BCUT2D eigenvalue weighted by atomic mass is 35.5. The number of amides is 2. The molecule has 1 aliphatic heterocycles. The standard InChI is InChI=1S/C31H40BClN2O4/c1-19(2)14-27(32-38-26-17-22-16-25(30(22,3)4)31(26,5)39-32)35-28(36)18-24(21-12-9-13-23(33)15-21)34-29(37)20-10-7-6-8-11-20/h6-13,15,19,22,24-27H,14,16-18H2,1-5H3,(H,34,37)(H,35,36)/t22?,24?,25?,26-,27+,31+/m1/s1. The van der Waals surface area contributed by atoms with E-state index >= 15 is 0 Å². The summed E-state index contributed by atoms with van der Waals surface area (Å²) in [7, 11) is -0.495. The molecule has 3 saturated carbocycles. The highest BCUT2D eigenvalue weighted by molar-refractivity contribution is 6.47. The van der Waals surface area contributed by atoms with Gasteiger partial charge in [-0.25, -0.2) is 0 Å². The molecule has 0 aromatic heterocycles. The van der Waals surface area contributed by atoms with Crippen LogP contribution in [0.15, 0.2) is 54.6 Å². The van der Waals surface area contributed by atoms with E-state index in [9.17, 15) is 9.59 Å². The second kappa shape index (κ2) is 10.9. The van der Waals surface area contributed by atoms with Crippen molar-refractivity contribution in [3.8, 4) is 0 Å². The molecule has 2 aromatic carbocycles. The van der Waals surface area contributed by atoms with Gasteiger partial charge in [-0.15, -0.1) is 0 Å². The Bertz CT molecular complexity index is 1210. The van der Waals surface area contributed by atoms with Crippen molar-refractivity contribution in [3.05, 3.63) is 70.7 Å². The summed E-state index contributed by atoms with van der Waals surface area (Å²) in [5, 5.41) is 6.81. The van der Waals surface area contributed by atoms with Gasteiger partial charge in [-0.2, -0.15) is 0 Å². The third-order valence-corrected chi connectivity index (χ3v) is 9.59. The van der Waals surface area contributed by atoms with Crippen molar-refractivity contribution >= 4 is 30.5 Å². The van der Waals surface area contributed by atoms with E-state index in [1.54, 1.807) is 24.3 Å². The lowest BCUT2D eigenvalue weighted by Gasteiger charge is -2.64. The van der Waals surface area contributed by atoms with E-state index in [1.165, 1.54) is 6.42 Å². The second-order valence-electron chi connectivity index (χ2n) is 12.8. The highest BCUT2D eigenvalue weighted by Gasteiger charge is 2.68. The SMILES string of the molecule is CC(C)C[C@H](NC(=O)CC(NC(=O)c1ccccc1)c1cccc(Cl)c1)B1O[C@@H]2CC3CC(C3(C)C)[C@]2(C)O1. The molecule has 0 radical (unpaired) electrons. The zero-order chi connectivity index (χ0) is 27.9. The predicted octanol–water partition coefficient (Wildman–Crippen LogP) is 6.00. The maximum absolute atomic E-state index is 13.5. The molecule has 6 nitrogen and oxygen atoms in total. The molecule has 1 heterocycles. The average molecular weight is 551 g/mol. The molecule has 6 atom stereocenters. The van der Waals surface area contributed by atoms with Gasteiger partial charge in [0.15, 0.2) is 0 Å². The maximum Gasteiger partial charge on any atom is 0.481 e. The quantitative estimate of drug-likeness (QED) is 0.376. The fourth-order valence-corrected chi connectivity index (χ4v) is 7.27. The van der Waals surface area contributed by atoms with E-state index in [2.05, 4.69) is 45.3 Å². The third-order valence-electron chi connectivity index (χ3n) is 9.35. The molecular weight excluding hydrogens is 511 g/mol. The number of halogens is 1. The third kappa shape index (κ3) is 5.64. The van der Waals surface area contributed by atoms with Crippen molar-refractivity contribution in [2.75, 3.05) is 0 Å². The molecule has 6 rings (SSSR count). The van der Waals surface area contributed by atoms with Crippen LogP contribution in [0.5, 0.6) is 0 Å². The first-order valence-electron chi connectivity index (χ1n) is 14.2. The van der Waals surface area contributed by atoms with Crippen molar-refractivity contribution in [1.29, 1.82) is 0 Å². The number of hydrogen-bond donors (Lipinski definition) is 2. The minimum absolute atomic E-state index is 0.0511. The zero-order valence-electron chi connectivity index (χ0n) is 23.6. The minimum atomic E-state index is -0.547. The molecule has 3 aliphatic carbocycles. The molecule has 4 aliphatic rings. The van der Waals surface area contributed by atoms with Gasteiger partial charge in [-0.3, -0.25) is 9.59 Å². The van der Waals surface area contributed by atoms with Gasteiger partial charge in [0.25, 0.3) is 5.91 Å². The lowest BCUT2D eigenvalue weighted by molar-refractivity contribution is -0.199. The van der Waals surface area contributed by atoms with Crippen molar-refractivity contribution in [2.24, 2.45) is 23.2 Å². The van der Waals surface area contributed by atoms with Gasteiger partial charge < -0.3 is 19.9 Å². The molecule has 8 heteroatoms. The Morgan fingerprint density at radius 1 is 1.05 bits per heavy atom. The van der Waals surface area contributed by atoms with E-state index in [0.29, 0.717) is 28.3 Å². The van der Waals surface area contributed by atoms with Crippen LogP contribution >= 0.6 is 11.6 Å². The summed E-state index contributed by atoms with van der Waals surface area (Å²) >= 11 is 6.27. The smallest absolute Gasteiger partial charge is 0.404 e. The monoisotopic (exact) mass is 550 g/mol. The van der Waals surface area contributed by atoms with Crippen LogP contribution in [0.2, 0.25) is 5.02 Å². The molecule has 2 amide bonds. The molecule has 2 N–H and O–H groups in total. The van der Waals surface area contributed by atoms with Gasteiger partial charge in [0, 0.05) is 10.6 Å². The lowest BCUT2D eigenvalue weighted by atomic mass is 9.43. The summed E-state index contributed by atoms with van der Waals surface area (Å²) in [6, 6.07) is 15.7.